The Labute approximate surface area is 235 Å². The second-order valence-corrected chi connectivity index (χ2v) is 10.4. The van der Waals surface area contributed by atoms with Gasteiger partial charge in [0, 0.05) is 46.8 Å². The van der Waals surface area contributed by atoms with Crippen molar-refractivity contribution in [2.24, 2.45) is 5.73 Å². The molecule has 3 aromatic carbocycles. The Morgan fingerprint density at radius 3 is 2.48 bits per heavy atom. The van der Waals surface area contributed by atoms with Crippen LogP contribution in [0.3, 0.4) is 0 Å². The van der Waals surface area contributed by atoms with Crippen LogP contribution in [0.1, 0.15) is 55.5 Å². The fourth-order valence-electron chi connectivity index (χ4n) is 4.69. The topological polar surface area (TPSA) is 131 Å². The predicted molar refractivity (Wildman–Crippen MR) is 156 cm³/mol. The van der Waals surface area contributed by atoms with Gasteiger partial charge in [-0.3, -0.25) is 9.59 Å². The summed E-state index contributed by atoms with van der Waals surface area (Å²) in [6.45, 7) is 3.26. The maximum absolute atomic E-state index is 13.8. The number of hydrogen-bond donors (Lipinski definition) is 4. The van der Waals surface area contributed by atoms with Crippen LogP contribution < -0.4 is 21.1 Å². The molecule has 5 N–H and O–H groups in total. The first-order chi connectivity index (χ1) is 19.4. The fraction of sp³-hybridized carbons (Fsp3) is 0.194. The lowest BCUT2D eigenvalue weighted by molar-refractivity contribution is 0.0697. The molecule has 40 heavy (non-hydrogen) atoms. The second-order valence-electron chi connectivity index (χ2n) is 9.44. The van der Waals surface area contributed by atoms with E-state index in [4.69, 9.17) is 10.5 Å². The first-order valence-corrected chi connectivity index (χ1v) is 13.9. The lowest BCUT2D eigenvalue weighted by atomic mass is 9.91. The van der Waals surface area contributed by atoms with Gasteiger partial charge in [-0.05, 0) is 76.5 Å². The Bertz CT molecular complexity index is 1590. The zero-order valence-corrected chi connectivity index (χ0v) is 22.8. The molecule has 0 aliphatic carbocycles. The molecule has 0 unspecified atom stereocenters. The van der Waals surface area contributed by atoms with E-state index in [0.717, 1.165) is 34.4 Å². The molecule has 8 nitrogen and oxygen atoms in total. The molecule has 0 spiro atoms. The van der Waals surface area contributed by atoms with Crippen LogP contribution in [-0.2, 0) is 13.0 Å². The zero-order chi connectivity index (χ0) is 28.2. The smallest absolute Gasteiger partial charge is 0.336 e. The Morgan fingerprint density at radius 2 is 1.75 bits per heavy atom. The average Bonchev–Trinajstić information content (AvgIpc) is 3.37. The van der Waals surface area contributed by atoms with Gasteiger partial charge in [0.05, 0.1) is 12.2 Å². The molecule has 0 saturated heterocycles. The molecule has 0 fully saturated rings. The van der Waals surface area contributed by atoms with Crippen molar-refractivity contribution in [3.63, 3.8) is 0 Å². The number of aromatic carboxylic acids is 1. The van der Waals surface area contributed by atoms with Crippen LogP contribution in [0.4, 0.5) is 5.69 Å². The van der Waals surface area contributed by atoms with Crippen LogP contribution in [0.5, 0.6) is 5.75 Å². The predicted octanol–water partition coefficient (Wildman–Crippen LogP) is 5.57. The number of thiophene rings is 1. The van der Waals surface area contributed by atoms with Gasteiger partial charge in [-0.1, -0.05) is 25.1 Å². The average molecular weight is 556 g/mol. The van der Waals surface area contributed by atoms with Crippen molar-refractivity contribution in [3.8, 4) is 27.3 Å². The van der Waals surface area contributed by atoms with E-state index in [1.807, 2.05) is 24.4 Å². The Balaban J connectivity index is 1.65. The summed E-state index contributed by atoms with van der Waals surface area (Å²) in [6, 6.07) is 17.3. The Hall–Kier alpha value is -4.47. The van der Waals surface area contributed by atoms with Crippen molar-refractivity contribution in [1.82, 2.24) is 5.32 Å². The molecule has 1 aliphatic rings. The van der Waals surface area contributed by atoms with Gasteiger partial charge < -0.3 is 26.2 Å². The van der Waals surface area contributed by atoms with Crippen LogP contribution in [0.15, 0.2) is 66.0 Å². The number of carboxylic acid groups (broad SMARTS) is 1. The summed E-state index contributed by atoms with van der Waals surface area (Å²) < 4.78 is 6.09. The van der Waals surface area contributed by atoms with Gasteiger partial charge in [0.15, 0.2) is 0 Å². The van der Waals surface area contributed by atoms with Crippen LogP contribution in [0, 0.1) is 0 Å². The summed E-state index contributed by atoms with van der Waals surface area (Å²) in [4.78, 5) is 39.8. The number of carbonyl (C=O) groups excluding carboxylic acids is 2. The van der Waals surface area contributed by atoms with E-state index in [2.05, 4.69) is 16.7 Å². The maximum atomic E-state index is 13.8. The highest BCUT2D eigenvalue weighted by atomic mass is 32.1. The minimum absolute atomic E-state index is 0.0871. The van der Waals surface area contributed by atoms with Crippen LogP contribution >= 0.6 is 11.3 Å². The summed E-state index contributed by atoms with van der Waals surface area (Å²) >= 11 is 1.57. The standard InChI is InChI=1S/C31H29N3O5S/c1-2-11-33-29(35)20-5-8-22(25(14-20)31(37)38)23-16-27-26(28-19(9-12-39-27)10-13-40-28)15-24(23)30(36)34-21-6-3-18(17-32)4-7-21/h3-8,10,13-16H,2,9,11-12,17,32H2,1H3,(H,33,35)(H,34,36)(H,37,38). The van der Waals surface area contributed by atoms with Gasteiger partial charge in [-0.25, -0.2) is 4.79 Å². The number of nitrogens with two attached hydrogens (primary N) is 1. The summed E-state index contributed by atoms with van der Waals surface area (Å²) in [7, 11) is 0. The van der Waals surface area contributed by atoms with E-state index < -0.39 is 11.9 Å². The van der Waals surface area contributed by atoms with Crippen molar-refractivity contribution in [3.05, 3.63) is 93.9 Å². The third kappa shape index (κ3) is 5.47. The molecular formula is C31H29N3O5S. The quantitative estimate of drug-likeness (QED) is 0.225. The second kappa shape index (κ2) is 11.7. The molecule has 204 valence electrons. The normalized spacial score (nSPS) is 11.9. The van der Waals surface area contributed by atoms with E-state index in [1.165, 1.54) is 6.07 Å². The van der Waals surface area contributed by atoms with Crippen LogP contribution in [0.2, 0.25) is 0 Å². The van der Waals surface area contributed by atoms with Crippen molar-refractivity contribution in [1.29, 1.82) is 0 Å². The third-order valence-electron chi connectivity index (χ3n) is 6.77. The van der Waals surface area contributed by atoms with Gasteiger partial charge in [-0.2, -0.15) is 0 Å². The number of amides is 2. The Morgan fingerprint density at radius 1 is 0.950 bits per heavy atom. The molecule has 1 aliphatic heterocycles. The van der Waals surface area contributed by atoms with Gasteiger partial charge >= 0.3 is 5.97 Å². The highest BCUT2D eigenvalue weighted by molar-refractivity contribution is 7.13. The van der Waals surface area contributed by atoms with E-state index in [0.29, 0.717) is 42.3 Å². The number of hydrogen-bond acceptors (Lipinski definition) is 6. The van der Waals surface area contributed by atoms with Gasteiger partial charge in [0.25, 0.3) is 11.8 Å². The van der Waals surface area contributed by atoms with Crippen LogP contribution in [0.25, 0.3) is 21.6 Å². The molecule has 2 heterocycles. The Kier molecular flexibility index (Phi) is 7.95. The molecule has 4 aromatic rings. The van der Waals surface area contributed by atoms with Gasteiger partial charge in [0.1, 0.15) is 5.75 Å². The summed E-state index contributed by atoms with van der Waals surface area (Å²) in [5.41, 5.74) is 10.3. The van der Waals surface area contributed by atoms with Gasteiger partial charge in [0.2, 0.25) is 0 Å². The highest BCUT2D eigenvalue weighted by Crippen LogP contribution is 2.43. The molecule has 0 bridgehead atoms. The zero-order valence-electron chi connectivity index (χ0n) is 22.0. The monoisotopic (exact) mass is 555 g/mol. The van der Waals surface area contributed by atoms with E-state index >= 15 is 0 Å². The highest BCUT2D eigenvalue weighted by Gasteiger charge is 2.26. The molecule has 0 radical (unpaired) electrons. The number of nitrogens with one attached hydrogen (secondary N) is 2. The minimum Gasteiger partial charge on any atom is -0.493 e. The SMILES string of the molecule is CCCNC(=O)c1ccc(-c2cc3c(cc2C(=O)Nc2ccc(CN)cc2)-c2sccc2CCO3)c(C(=O)O)c1. The number of rotatable bonds is 8. The number of anilines is 1. The summed E-state index contributed by atoms with van der Waals surface area (Å²) in [5.74, 6) is -1.39. The first kappa shape index (κ1) is 27.1. The van der Waals surface area contributed by atoms with E-state index in [9.17, 15) is 19.5 Å². The number of carbonyl (C=O) groups is 3. The lowest BCUT2D eigenvalue weighted by Gasteiger charge is -2.17. The number of carboxylic acids is 1. The fourth-order valence-corrected chi connectivity index (χ4v) is 5.66. The molecule has 9 heteroatoms. The number of fused-ring (bicyclic) bond motifs is 3. The summed E-state index contributed by atoms with van der Waals surface area (Å²) in [6.07, 6.45) is 1.48. The van der Waals surface area contributed by atoms with Gasteiger partial charge in [-0.15, -0.1) is 11.3 Å². The molecule has 2 amide bonds. The third-order valence-corrected chi connectivity index (χ3v) is 7.76. The maximum Gasteiger partial charge on any atom is 0.336 e. The number of ether oxygens (including phenoxy) is 1. The van der Waals surface area contributed by atoms with Crippen molar-refractivity contribution in [2.45, 2.75) is 26.3 Å². The lowest BCUT2D eigenvalue weighted by Crippen LogP contribution is -2.24. The number of benzene rings is 3. The molecule has 1 aromatic heterocycles. The largest absolute Gasteiger partial charge is 0.493 e. The molecule has 5 rings (SSSR count). The van der Waals surface area contributed by atoms with Crippen LogP contribution in [-0.4, -0.2) is 36.0 Å². The van der Waals surface area contributed by atoms with Crippen molar-refractivity contribution in [2.75, 3.05) is 18.5 Å². The van der Waals surface area contributed by atoms with Crippen molar-refractivity contribution < 1.29 is 24.2 Å². The molecular weight excluding hydrogens is 526 g/mol. The minimum atomic E-state index is -1.21. The van der Waals surface area contributed by atoms with E-state index in [-0.39, 0.29) is 22.6 Å². The summed E-state index contributed by atoms with van der Waals surface area (Å²) in [5, 5.41) is 17.9. The first-order valence-electron chi connectivity index (χ1n) is 13.0. The van der Waals surface area contributed by atoms with Crippen molar-refractivity contribution >= 4 is 34.8 Å². The molecule has 0 saturated carbocycles. The molecule has 0 atom stereocenters. The van der Waals surface area contributed by atoms with E-state index in [1.54, 1.807) is 47.7 Å².